The van der Waals surface area contributed by atoms with Crippen molar-refractivity contribution < 1.29 is 9.72 Å². The fourth-order valence-electron chi connectivity index (χ4n) is 2.31. The summed E-state index contributed by atoms with van der Waals surface area (Å²) in [5.41, 5.74) is 7.41. The van der Waals surface area contributed by atoms with E-state index in [-0.39, 0.29) is 18.1 Å². The van der Waals surface area contributed by atoms with Gasteiger partial charge in [0.25, 0.3) is 11.6 Å². The van der Waals surface area contributed by atoms with E-state index in [1.807, 2.05) is 0 Å². The molecule has 3 N–H and O–H groups in total. The molecule has 1 aromatic heterocycles. The lowest BCUT2D eigenvalue weighted by Gasteiger charge is -2.12. The van der Waals surface area contributed by atoms with Gasteiger partial charge in [0, 0.05) is 29.4 Å². The van der Waals surface area contributed by atoms with Crippen LogP contribution >= 0.6 is 12.4 Å². The summed E-state index contributed by atoms with van der Waals surface area (Å²) in [6.07, 6.45) is 1.59. The molecule has 0 spiro atoms. The number of amides is 1. The van der Waals surface area contributed by atoms with Gasteiger partial charge >= 0.3 is 0 Å². The van der Waals surface area contributed by atoms with Gasteiger partial charge in [-0.1, -0.05) is 12.1 Å². The average molecular weight is 345 g/mol. The summed E-state index contributed by atoms with van der Waals surface area (Å²) in [4.78, 5) is 26.2. The third-order valence-electron chi connectivity index (χ3n) is 3.40. The van der Waals surface area contributed by atoms with E-state index >= 15 is 0 Å². The quantitative estimate of drug-likeness (QED) is 0.556. The van der Waals surface area contributed by atoms with E-state index in [1.165, 1.54) is 12.1 Å². The van der Waals surface area contributed by atoms with Crippen LogP contribution in [0.25, 0.3) is 10.9 Å². The number of fused-ring (bicyclic) bond motifs is 1. The van der Waals surface area contributed by atoms with Crippen LogP contribution in [0.3, 0.4) is 0 Å². The molecule has 3 aromatic rings. The van der Waals surface area contributed by atoms with E-state index in [1.54, 1.807) is 42.6 Å². The van der Waals surface area contributed by atoms with Crippen molar-refractivity contribution in [2.24, 2.45) is 5.73 Å². The first-order valence-corrected chi connectivity index (χ1v) is 6.75. The molecule has 7 nitrogen and oxygen atoms in total. The Hall–Kier alpha value is -3.19. The maximum atomic E-state index is 11.5. The molecule has 0 bridgehead atoms. The van der Waals surface area contributed by atoms with E-state index in [2.05, 4.69) is 10.3 Å². The van der Waals surface area contributed by atoms with Crippen molar-refractivity contribution in [2.45, 2.75) is 0 Å². The molecular formula is C16H13ClN4O3. The lowest BCUT2D eigenvalue weighted by atomic mass is 10.1. The number of nitrogens with zero attached hydrogens (tertiary/aromatic N) is 2. The van der Waals surface area contributed by atoms with E-state index in [4.69, 9.17) is 5.73 Å². The largest absolute Gasteiger partial charge is 0.366 e. The standard InChI is InChI=1S/C16H12N4O3.ClH/c17-16(21)11-3-1-2-4-14(11)19-15-7-8-18-13-6-5-10(20(22)23)9-12(13)15;/h1-9H,(H2,17,21)(H,18,19);1H. The number of hydrogen-bond acceptors (Lipinski definition) is 5. The number of anilines is 2. The number of nitrogens with one attached hydrogen (secondary N) is 1. The zero-order chi connectivity index (χ0) is 16.4. The maximum absolute atomic E-state index is 11.5. The van der Waals surface area contributed by atoms with Crippen LogP contribution in [0.2, 0.25) is 0 Å². The Balaban J connectivity index is 0.00000208. The number of pyridine rings is 1. The number of nitro groups is 1. The molecule has 0 atom stereocenters. The zero-order valence-electron chi connectivity index (χ0n) is 12.3. The van der Waals surface area contributed by atoms with E-state index in [9.17, 15) is 14.9 Å². The first-order chi connectivity index (χ1) is 11.1. The summed E-state index contributed by atoms with van der Waals surface area (Å²) < 4.78 is 0. The molecule has 0 radical (unpaired) electrons. The molecular weight excluding hydrogens is 332 g/mol. The van der Waals surface area contributed by atoms with Crippen LogP contribution in [-0.4, -0.2) is 15.8 Å². The Morgan fingerprint density at radius 1 is 1.12 bits per heavy atom. The maximum Gasteiger partial charge on any atom is 0.270 e. The SMILES string of the molecule is Cl.NC(=O)c1ccccc1Nc1ccnc2ccc([N+](=O)[O-])cc12. The van der Waals surface area contributed by atoms with Gasteiger partial charge in [0.1, 0.15) is 0 Å². The molecule has 0 aliphatic carbocycles. The number of carbonyl (C=O) groups is 1. The molecule has 0 fully saturated rings. The third-order valence-corrected chi connectivity index (χ3v) is 3.40. The number of aromatic nitrogens is 1. The number of benzene rings is 2. The van der Waals surface area contributed by atoms with Gasteiger partial charge in [-0.3, -0.25) is 19.9 Å². The van der Waals surface area contributed by atoms with Gasteiger partial charge in [0.2, 0.25) is 0 Å². The topological polar surface area (TPSA) is 111 Å². The minimum Gasteiger partial charge on any atom is -0.366 e. The number of hydrogen-bond donors (Lipinski definition) is 2. The lowest BCUT2D eigenvalue weighted by molar-refractivity contribution is -0.384. The van der Waals surface area contributed by atoms with Gasteiger partial charge in [-0.15, -0.1) is 12.4 Å². The Labute approximate surface area is 143 Å². The van der Waals surface area contributed by atoms with Crippen LogP contribution in [0.4, 0.5) is 17.1 Å². The number of para-hydroxylation sites is 1. The Bertz CT molecular complexity index is 930. The van der Waals surface area contributed by atoms with Gasteiger partial charge in [-0.05, 0) is 24.3 Å². The van der Waals surface area contributed by atoms with Crippen molar-refractivity contribution in [3.8, 4) is 0 Å². The second-order valence-corrected chi connectivity index (χ2v) is 4.85. The summed E-state index contributed by atoms with van der Waals surface area (Å²) in [7, 11) is 0. The van der Waals surface area contributed by atoms with Crippen LogP contribution in [0.15, 0.2) is 54.7 Å². The molecule has 0 saturated carbocycles. The monoisotopic (exact) mass is 344 g/mol. The minimum atomic E-state index is -0.558. The Kier molecular flexibility index (Phi) is 4.96. The number of rotatable bonds is 4. The van der Waals surface area contributed by atoms with Crippen molar-refractivity contribution in [1.82, 2.24) is 4.98 Å². The first-order valence-electron chi connectivity index (χ1n) is 6.75. The average Bonchev–Trinajstić information content (AvgIpc) is 2.55. The number of non-ortho nitro benzene ring substituents is 1. The Morgan fingerprint density at radius 3 is 2.58 bits per heavy atom. The van der Waals surface area contributed by atoms with Crippen molar-refractivity contribution in [3.63, 3.8) is 0 Å². The fraction of sp³-hybridized carbons (Fsp3) is 0. The highest BCUT2D eigenvalue weighted by Gasteiger charge is 2.12. The zero-order valence-corrected chi connectivity index (χ0v) is 13.1. The van der Waals surface area contributed by atoms with Crippen molar-refractivity contribution >= 4 is 46.3 Å². The highest BCUT2D eigenvalue weighted by molar-refractivity contribution is 6.01. The second-order valence-electron chi connectivity index (χ2n) is 4.85. The molecule has 3 rings (SSSR count). The summed E-state index contributed by atoms with van der Waals surface area (Å²) in [6.45, 7) is 0. The Morgan fingerprint density at radius 2 is 1.88 bits per heavy atom. The summed E-state index contributed by atoms with van der Waals surface area (Å²) in [5.74, 6) is -0.558. The number of primary amides is 1. The van der Waals surface area contributed by atoms with Gasteiger partial charge in [0.15, 0.2) is 0 Å². The predicted octanol–water partition coefficient (Wildman–Crippen LogP) is 3.41. The van der Waals surface area contributed by atoms with E-state index in [0.717, 1.165) is 0 Å². The number of nitrogens with two attached hydrogens (primary N) is 1. The van der Waals surface area contributed by atoms with Gasteiger partial charge in [0.05, 0.1) is 21.7 Å². The van der Waals surface area contributed by atoms with Gasteiger partial charge < -0.3 is 11.1 Å². The van der Waals surface area contributed by atoms with Gasteiger partial charge in [-0.25, -0.2) is 0 Å². The van der Waals surface area contributed by atoms with Crippen molar-refractivity contribution in [2.75, 3.05) is 5.32 Å². The molecule has 1 amide bonds. The van der Waals surface area contributed by atoms with E-state index in [0.29, 0.717) is 27.8 Å². The van der Waals surface area contributed by atoms with Crippen molar-refractivity contribution in [1.29, 1.82) is 0 Å². The number of carbonyl (C=O) groups excluding carboxylic acids is 1. The number of nitro benzene ring substituents is 1. The highest BCUT2D eigenvalue weighted by Crippen LogP contribution is 2.29. The van der Waals surface area contributed by atoms with Crippen LogP contribution in [-0.2, 0) is 0 Å². The summed E-state index contributed by atoms with van der Waals surface area (Å²) in [5, 5.41) is 14.6. The molecule has 24 heavy (non-hydrogen) atoms. The molecule has 0 saturated heterocycles. The minimum absolute atomic E-state index is 0. The molecule has 0 aliphatic heterocycles. The molecule has 122 valence electrons. The highest BCUT2D eigenvalue weighted by atomic mass is 35.5. The predicted molar refractivity (Wildman–Crippen MR) is 93.9 cm³/mol. The van der Waals surface area contributed by atoms with Crippen LogP contribution in [0.1, 0.15) is 10.4 Å². The summed E-state index contributed by atoms with van der Waals surface area (Å²) in [6, 6.07) is 12.9. The van der Waals surface area contributed by atoms with Crippen LogP contribution in [0, 0.1) is 10.1 Å². The normalized spacial score (nSPS) is 10.0. The fourth-order valence-corrected chi connectivity index (χ4v) is 2.31. The molecule has 0 unspecified atom stereocenters. The molecule has 8 heteroatoms. The van der Waals surface area contributed by atoms with Crippen LogP contribution < -0.4 is 11.1 Å². The summed E-state index contributed by atoms with van der Waals surface area (Å²) >= 11 is 0. The lowest BCUT2D eigenvalue weighted by Crippen LogP contribution is -2.13. The van der Waals surface area contributed by atoms with E-state index < -0.39 is 10.8 Å². The second kappa shape index (κ2) is 6.93. The van der Waals surface area contributed by atoms with Gasteiger partial charge in [-0.2, -0.15) is 0 Å². The third kappa shape index (κ3) is 3.26. The van der Waals surface area contributed by atoms with Crippen molar-refractivity contribution in [3.05, 3.63) is 70.4 Å². The molecule has 0 aliphatic rings. The van der Waals surface area contributed by atoms with Crippen LogP contribution in [0.5, 0.6) is 0 Å². The molecule has 2 aromatic carbocycles. The molecule has 1 heterocycles. The smallest absolute Gasteiger partial charge is 0.270 e. The first kappa shape index (κ1) is 17.2. The number of halogens is 1.